The van der Waals surface area contributed by atoms with Crippen molar-refractivity contribution in [3.63, 3.8) is 0 Å². The van der Waals surface area contributed by atoms with Crippen LogP contribution in [0.2, 0.25) is 0 Å². The third-order valence-electron chi connectivity index (χ3n) is 4.15. The van der Waals surface area contributed by atoms with Gasteiger partial charge in [-0.3, -0.25) is 9.91 Å². The molecule has 0 unspecified atom stereocenters. The highest BCUT2D eigenvalue weighted by molar-refractivity contribution is 9.10. The SMILES string of the molecule is C/C(=N\N1CCN(Cc2ccccc2)CC1)c1ccc(Br)cc1. The van der Waals surface area contributed by atoms with E-state index < -0.39 is 0 Å². The molecule has 1 aliphatic heterocycles. The molecule has 0 spiro atoms. The molecule has 1 heterocycles. The first-order valence-electron chi connectivity index (χ1n) is 8.03. The van der Waals surface area contributed by atoms with Gasteiger partial charge in [0, 0.05) is 37.2 Å². The number of rotatable bonds is 4. The van der Waals surface area contributed by atoms with E-state index in [4.69, 9.17) is 5.10 Å². The summed E-state index contributed by atoms with van der Waals surface area (Å²) in [6.45, 7) is 7.21. The predicted octanol–water partition coefficient (Wildman–Crippen LogP) is 3.99. The number of hydrazone groups is 1. The molecule has 2 aromatic rings. The van der Waals surface area contributed by atoms with Gasteiger partial charge in [-0.15, -0.1) is 0 Å². The molecule has 1 aliphatic rings. The molecular weight excluding hydrogens is 350 g/mol. The van der Waals surface area contributed by atoms with Crippen LogP contribution in [0.4, 0.5) is 0 Å². The van der Waals surface area contributed by atoms with E-state index in [9.17, 15) is 0 Å². The smallest absolute Gasteiger partial charge is 0.0646 e. The Bertz CT molecular complexity index is 644. The van der Waals surface area contributed by atoms with Crippen molar-refractivity contribution in [3.8, 4) is 0 Å². The zero-order chi connectivity index (χ0) is 16.1. The van der Waals surface area contributed by atoms with Gasteiger partial charge in [0.25, 0.3) is 0 Å². The second-order valence-electron chi connectivity index (χ2n) is 5.91. The molecule has 1 saturated heterocycles. The highest BCUT2D eigenvalue weighted by atomic mass is 79.9. The molecule has 0 N–H and O–H groups in total. The van der Waals surface area contributed by atoms with Gasteiger partial charge in [0.05, 0.1) is 5.71 Å². The molecule has 3 nitrogen and oxygen atoms in total. The van der Waals surface area contributed by atoms with Crippen LogP contribution in [0.25, 0.3) is 0 Å². The second-order valence-corrected chi connectivity index (χ2v) is 6.82. The van der Waals surface area contributed by atoms with E-state index in [0.29, 0.717) is 0 Å². The lowest BCUT2D eigenvalue weighted by atomic mass is 10.1. The third-order valence-corrected chi connectivity index (χ3v) is 4.68. The predicted molar refractivity (Wildman–Crippen MR) is 99.6 cm³/mol. The van der Waals surface area contributed by atoms with Crippen LogP contribution in [0, 0.1) is 0 Å². The number of hydrogen-bond donors (Lipinski definition) is 0. The van der Waals surface area contributed by atoms with Gasteiger partial charge in [-0.2, -0.15) is 5.10 Å². The van der Waals surface area contributed by atoms with Gasteiger partial charge in [0.15, 0.2) is 0 Å². The summed E-state index contributed by atoms with van der Waals surface area (Å²) in [5.74, 6) is 0. The van der Waals surface area contributed by atoms with E-state index >= 15 is 0 Å². The molecule has 0 bridgehead atoms. The summed E-state index contributed by atoms with van der Waals surface area (Å²) < 4.78 is 1.10. The number of piperazine rings is 1. The van der Waals surface area contributed by atoms with Crippen molar-refractivity contribution in [2.24, 2.45) is 5.10 Å². The van der Waals surface area contributed by atoms with E-state index in [0.717, 1.165) is 42.9 Å². The Hall–Kier alpha value is -1.65. The summed E-state index contributed by atoms with van der Waals surface area (Å²) in [6, 6.07) is 19.0. The minimum atomic E-state index is 0.987. The minimum absolute atomic E-state index is 0.987. The lowest BCUT2D eigenvalue weighted by molar-refractivity contribution is 0.130. The monoisotopic (exact) mass is 371 g/mol. The van der Waals surface area contributed by atoms with Crippen molar-refractivity contribution >= 4 is 21.6 Å². The zero-order valence-electron chi connectivity index (χ0n) is 13.5. The summed E-state index contributed by atoms with van der Waals surface area (Å²) in [5.41, 5.74) is 3.64. The average Bonchev–Trinajstić information content (AvgIpc) is 2.58. The van der Waals surface area contributed by atoms with E-state index in [1.165, 1.54) is 11.1 Å². The largest absolute Gasteiger partial charge is 0.295 e. The first kappa shape index (κ1) is 16.2. The fourth-order valence-corrected chi connectivity index (χ4v) is 3.06. The number of halogens is 1. The summed E-state index contributed by atoms with van der Waals surface area (Å²) in [5, 5.41) is 6.98. The van der Waals surface area contributed by atoms with Crippen LogP contribution in [0.1, 0.15) is 18.1 Å². The van der Waals surface area contributed by atoms with Gasteiger partial charge in [0.1, 0.15) is 0 Å². The maximum Gasteiger partial charge on any atom is 0.0646 e. The quantitative estimate of drug-likeness (QED) is 0.756. The topological polar surface area (TPSA) is 18.8 Å². The van der Waals surface area contributed by atoms with Gasteiger partial charge >= 0.3 is 0 Å². The van der Waals surface area contributed by atoms with Crippen molar-refractivity contribution < 1.29 is 0 Å². The van der Waals surface area contributed by atoms with Gasteiger partial charge in [-0.1, -0.05) is 58.4 Å². The van der Waals surface area contributed by atoms with Crippen LogP contribution in [0.5, 0.6) is 0 Å². The molecule has 120 valence electrons. The minimum Gasteiger partial charge on any atom is -0.295 e. The Morgan fingerprint density at radius 3 is 2.26 bits per heavy atom. The summed E-state index contributed by atoms with van der Waals surface area (Å²) >= 11 is 3.47. The molecule has 2 aromatic carbocycles. The lowest BCUT2D eigenvalue weighted by Crippen LogP contribution is -2.43. The number of benzene rings is 2. The zero-order valence-corrected chi connectivity index (χ0v) is 15.0. The molecule has 1 fully saturated rings. The van der Waals surface area contributed by atoms with Crippen LogP contribution in [0.3, 0.4) is 0 Å². The van der Waals surface area contributed by atoms with E-state index in [1.807, 2.05) is 0 Å². The highest BCUT2D eigenvalue weighted by Crippen LogP contribution is 2.13. The Morgan fingerprint density at radius 1 is 0.957 bits per heavy atom. The Morgan fingerprint density at radius 2 is 1.61 bits per heavy atom. The van der Waals surface area contributed by atoms with Crippen LogP contribution in [-0.4, -0.2) is 41.8 Å². The number of hydrogen-bond acceptors (Lipinski definition) is 3. The maximum atomic E-state index is 4.79. The van der Waals surface area contributed by atoms with Gasteiger partial charge in [0.2, 0.25) is 0 Å². The van der Waals surface area contributed by atoms with Gasteiger partial charge < -0.3 is 0 Å². The maximum absolute atomic E-state index is 4.79. The number of nitrogens with zero attached hydrogens (tertiary/aromatic N) is 3. The first-order valence-corrected chi connectivity index (χ1v) is 8.82. The molecule has 3 rings (SSSR count). The Kier molecular flexibility index (Phi) is 5.47. The lowest BCUT2D eigenvalue weighted by Gasteiger charge is -2.33. The van der Waals surface area contributed by atoms with E-state index in [-0.39, 0.29) is 0 Å². The molecule has 0 aliphatic carbocycles. The molecule has 0 radical (unpaired) electrons. The van der Waals surface area contributed by atoms with Crippen LogP contribution < -0.4 is 0 Å². The summed E-state index contributed by atoms with van der Waals surface area (Å²) in [7, 11) is 0. The van der Waals surface area contributed by atoms with Crippen LogP contribution >= 0.6 is 15.9 Å². The fourth-order valence-electron chi connectivity index (χ4n) is 2.80. The molecule has 23 heavy (non-hydrogen) atoms. The summed E-state index contributed by atoms with van der Waals surface area (Å²) in [4.78, 5) is 2.50. The fraction of sp³-hybridized carbons (Fsp3) is 0.316. The first-order chi connectivity index (χ1) is 11.2. The molecule has 0 saturated carbocycles. The van der Waals surface area contributed by atoms with E-state index in [2.05, 4.69) is 87.4 Å². The molecular formula is C19H22BrN3. The average molecular weight is 372 g/mol. The second kappa shape index (κ2) is 7.75. The standard InChI is InChI=1S/C19H22BrN3/c1-16(18-7-9-19(20)10-8-18)21-23-13-11-22(12-14-23)15-17-5-3-2-4-6-17/h2-10H,11-15H2,1H3/b21-16+. The molecule has 0 amide bonds. The van der Waals surface area contributed by atoms with Gasteiger partial charge in [-0.25, -0.2) is 0 Å². The highest BCUT2D eigenvalue weighted by Gasteiger charge is 2.15. The Labute approximate surface area is 146 Å². The van der Waals surface area contributed by atoms with Crippen molar-refractivity contribution in [1.82, 2.24) is 9.91 Å². The van der Waals surface area contributed by atoms with Crippen molar-refractivity contribution in [3.05, 3.63) is 70.2 Å². The van der Waals surface area contributed by atoms with Crippen molar-refractivity contribution in [1.29, 1.82) is 0 Å². The molecule has 0 aromatic heterocycles. The molecule has 0 atom stereocenters. The Balaban J connectivity index is 1.54. The molecule has 4 heteroatoms. The normalized spacial score (nSPS) is 16.6. The third kappa shape index (κ3) is 4.66. The van der Waals surface area contributed by atoms with Crippen molar-refractivity contribution in [2.75, 3.05) is 26.2 Å². The van der Waals surface area contributed by atoms with E-state index in [1.54, 1.807) is 0 Å². The van der Waals surface area contributed by atoms with Gasteiger partial charge in [-0.05, 0) is 30.2 Å². The van der Waals surface area contributed by atoms with Crippen LogP contribution in [0.15, 0.2) is 64.2 Å². The van der Waals surface area contributed by atoms with Crippen LogP contribution in [-0.2, 0) is 6.54 Å². The summed E-state index contributed by atoms with van der Waals surface area (Å²) in [6.07, 6.45) is 0. The van der Waals surface area contributed by atoms with Crippen molar-refractivity contribution in [2.45, 2.75) is 13.5 Å².